The van der Waals surface area contributed by atoms with Crippen molar-refractivity contribution in [2.45, 2.75) is 53.0 Å². The molecule has 1 aliphatic heterocycles. The summed E-state index contributed by atoms with van der Waals surface area (Å²) in [5.41, 5.74) is -0.628. The van der Waals surface area contributed by atoms with Crippen molar-refractivity contribution in [1.82, 2.24) is 15.0 Å². The van der Waals surface area contributed by atoms with Crippen molar-refractivity contribution in [3.05, 3.63) is 11.7 Å². The van der Waals surface area contributed by atoms with E-state index in [1.165, 1.54) is 0 Å². The number of nitrogens with zero attached hydrogens (tertiary/aromatic N) is 3. The maximum atomic E-state index is 12.4. The normalized spacial score (nSPS) is 19.4. The first-order chi connectivity index (χ1) is 9.36. The number of likely N-dealkylation sites (tertiary alicyclic amines) is 1. The van der Waals surface area contributed by atoms with E-state index in [1.807, 2.05) is 6.92 Å². The molecule has 2 rings (SSSR count). The van der Waals surface area contributed by atoms with Crippen LogP contribution in [0.2, 0.25) is 0 Å². The molecular weight excluding hydrogens is 258 g/mol. The SMILES string of the molecule is CCC(C)(C)C(=O)C(=O)N1CCC[C@H]1c1noc(C)n1. The van der Waals surface area contributed by atoms with Gasteiger partial charge in [-0.2, -0.15) is 4.98 Å². The summed E-state index contributed by atoms with van der Waals surface area (Å²) < 4.78 is 4.97. The van der Waals surface area contributed by atoms with Crippen LogP contribution in [0, 0.1) is 12.3 Å². The van der Waals surface area contributed by atoms with Gasteiger partial charge in [0.05, 0.1) is 6.04 Å². The maximum absolute atomic E-state index is 12.4. The lowest BCUT2D eigenvalue weighted by molar-refractivity contribution is -0.150. The maximum Gasteiger partial charge on any atom is 0.291 e. The molecule has 0 aromatic carbocycles. The largest absolute Gasteiger partial charge is 0.340 e. The van der Waals surface area contributed by atoms with Gasteiger partial charge in [-0.15, -0.1) is 0 Å². The second-order valence-corrected chi connectivity index (χ2v) is 5.89. The van der Waals surface area contributed by atoms with Gasteiger partial charge in [0.2, 0.25) is 11.7 Å². The second kappa shape index (κ2) is 5.34. The zero-order valence-corrected chi connectivity index (χ0v) is 12.5. The second-order valence-electron chi connectivity index (χ2n) is 5.89. The van der Waals surface area contributed by atoms with E-state index in [4.69, 9.17) is 4.52 Å². The molecular formula is C14H21N3O3. The minimum atomic E-state index is -0.628. The summed E-state index contributed by atoms with van der Waals surface area (Å²) in [6.07, 6.45) is 2.26. The van der Waals surface area contributed by atoms with E-state index in [-0.39, 0.29) is 11.8 Å². The zero-order valence-electron chi connectivity index (χ0n) is 12.5. The van der Waals surface area contributed by atoms with Gasteiger partial charge in [-0.05, 0) is 19.3 Å². The molecule has 1 aromatic heterocycles. The highest BCUT2D eigenvalue weighted by Gasteiger charge is 2.40. The molecule has 0 spiro atoms. The van der Waals surface area contributed by atoms with Crippen LogP contribution in [-0.4, -0.2) is 33.3 Å². The summed E-state index contributed by atoms with van der Waals surface area (Å²) in [5.74, 6) is 0.198. The van der Waals surface area contributed by atoms with Gasteiger partial charge >= 0.3 is 0 Å². The third-order valence-electron chi connectivity index (χ3n) is 4.05. The molecule has 1 fully saturated rings. The lowest BCUT2D eigenvalue weighted by Crippen LogP contribution is -2.42. The number of hydrogen-bond donors (Lipinski definition) is 0. The molecule has 2 heterocycles. The van der Waals surface area contributed by atoms with Crippen molar-refractivity contribution >= 4 is 11.7 Å². The van der Waals surface area contributed by atoms with Crippen LogP contribution in [0.1, 0.15) is 57.8 Å². The number of rotatable bonds is 4. The molecule has 0 unspecified atom stereocenters. The summed E-state index contributed by atoms with van der Waals surface area (Å²) in [6.45, 7) is 7.80. The number of aryl methyl sites for hydroxylation is 1. The van der Waals surface area contributed by atoms with Gasteiger partial charge in [0.15, 0.2) is 5.82 Å². The summed E-state index contributed by atoms with van der Waals surface area (Å²) in [4.78, 5) is 30.5. The van der Waals surface area contributed by atoms with Crippen LogP contribution in [0.15, 0.2) is 4.52 Å². The Bertz CT molecular complexity index is 521. The van der Waals surface area contributed by atoms with Crippen LogP contribution < -0.4 is 0 Å². The van der Waals surface area contributed by atoms with E-state index < -0.39 is 11.3 Å². The highest BCUT2D eigenvalue weighted by Crippen LogP contribution is 2.32. The molecule has 0 radical (unpaired) electrons. The van der Waals surface area contributed by atoms with Crippen LogP contribution in [0.25, 0.3) is 0 Å². The molecule has 0 aliphatic carbocycles. The molecule has 1 amide bonds. The summed E-state index contributed by atoms with van der Waals surface area (Å²) in [7, 11) is 0. The highest BCUT2D eigenvalue weighted by molar-refractivity contribution is 6.38. The molecule has 110 valence electrons. The average Bonchev–Trinajstić information content (AvgIpc) is 3.05. The van der Waals surface area contributed by atoms with Crippen molar-refractivity contribution in [2.75, 3.05) is 6.54 Å². The predicted molar refractivity (Wildman–Crippen MR) is 71.8 cm³/mol. The quantitative estimate of drug-likeness (QED) is 0.788. The first-order valence-corrected chi connectivity index (χ1v) is 7.02. The van der Waals surface area contributed by atoms with Gasteiger partial charge in [0.25, 0.3) is 5.91 Å². The van der Waals surface area contributed by atoms with Gasteiger partial charge in [0.1, 0.15) is 0 Å². The molecule has 20 heavy (non-hydrogen) atoms. The van der Waals surface area contributed by atoms with Crippen LogP contribution >= 0.6 is 0 Å². The fourth-order valence-electron chi connectivity index (χ4n) is 2.31. The number of carbonyl (C=O) groups is 2. The summed E-state index contributed by atoms with van der Waals surface area (Å²) in [5, 5.41) is 3.88. The van der Waals surface area contributed by atoms with Gasteiger partial charge < -0.3 is 9.42 Å². The van der Waals surface area contributed by atoms with E-state index in [0.29, 0.717) is 24.7 Å². The molecule has 1 atom stereocenters. The van der Waals surface area contributed by atoms with Gasteiger partial charge in [0, 0.05) is 18.9 Å². The number of hydrogen-bond acceptors (Lipinski definition) is 5. The van der Waals surface area contributed by atoms with Crippen molar-refractivity contribution < 1.29 is 14.1 Å². The van der Waals surface area contributed by atoms with E-state index in [1.54, 1.807) is 25.7 Å². The average molecular weight is 279 g/mol. The van der Waals surface area contributed by atoms with Crippen molar-refractivity contribution in [2.24, 2.45) is 5.41 Å². The molecule has 1 saturated heterocycles. The van der Waals surface area contributed by atoms with E-state index >= 15 is 0 Å². The molecule has 1 aromatic rings. The number of ketones is 1. The number of Topliss-reactive ketones (excluding diaryl/α,β-unsaturated/α-hetero) is 1. The van der Waals surface area contributed by atoms with E-state index in [2.05, 4.69) is 10.1 Å². The van der Waals surface area contributed by atoms with Crippen molar-refractivity contribution in [3.8, 4) is 0 Å². The Kier molecular flexibility index (Phi) is 3.92. The molecule has 6 nitrogen and oxygen atoms in total. The van der Waals surface area contributed by atoms with E-state index in [0.717, 1.165) is 12.8 Å². The lowest BCUT2D eigenvalue weighted by Gasteiger charge is -2.26. The molecule has 0 bridgehead atoms. The minimum Gasteiger partial charge on any atom is -0.340 e. The Morgan fingerprint density at radius 2 is 2.15 bits per heavy atom. The Labute approximate surface area is 118 Å². The Morgan fingerprint density at radius 3 is 2.70 bits per heavy atom. The Hall–Kier alpha value is -1.72. The molecule has 0 saturated carbocycles. The molecule has 1 aliphatic rings. The standard InChI is InChI=1S/C14H21N3O3/c1-5-14(3,4)11(18)13(19)17-8-6-7-10(17)12-15-9(2)20-16-12/h10H,5-8H2,1-4H3/t10-/m0/s1. The van der Waals surface area contributed by atoms with Gasteiger partial charge in [-0.1, -0.05) is 25.9 Å². The highest BCUT2D eigenvalue weighted by atomic mass is 16.5. The lowest BCUT2D eigenvalue weighted by atomic mass is 9.84. The Balaban J connectivity index is 2.19. The fourth-order valence-corrected chi connectivity index (χ4v) is 2.31. The first-order valence-electron chi connectivity index (χ1n) is 7.02. The van der Waals surface area contributed by atoms with Gasteiger partial charge in [-0.3, -0.25) is 9.59 Å². The van der Waals surface area contributed by atoms with Crippen LogP contribution in [0.3, 0.4) is 0 Å². The van der Waals surface area contributed by atoms with Crippen LogP contribution in [0.5, 0.6) is 0 Å². The van der Waals surface area contributed by atoms with Crippen molar-refractivity contribution in [3.63, 3.8) is 0 Å². The summed E-state index contributed by atoms with van der Waals surface area (Å²) in [6, 6.07) is -0.239. The van der Waals surface area contributed by atoms with Crippen molar-refractivity contribution in [1.29, 1.82) is 0 Å². The smallest absolute Gasteiger partial charge is 0.291 e. The zero-order chi connectivity index (χ0) is 14.9. The van der Waals surface area contributed by atoms with Crippen LogP contribution in [-0.2, 0) is 9.59 Å². The van der Waals surface area contributed by atoms with Crippen LogP contribution in [0.4, 0.5) is 0 Å². The fraction of sp³-hybridized carbons (Fsp3) is 0.714. The monoisotopic (exact) mass is 279 g/mol. The number of aromatic nitrogens is 2. The third-order valence-corrected chi connectivity index (χ3v) is 4.05. The third kappa shape index (κ3) is 2.59. The topological polar surface area (TPSA) is 76.3 Å². The number of carbonyl (C=O) groups excluding carboxylic acids is 2. The van der Waals surface area contributed by atoms with E-state index in [9.17, 15) is 9.59 Å². The number of amides is 1. The molecule has 6 heteroatoms. The Morgan fingerprint density at radius 1 is 1.45 bits per heavy atom. The van der Waals surface area contributed by atoms with Gasteiger partial charge in [-0.25, -0.2) is 0 Å². The molecule has 0 N–H and O–H groups in total. The first kappa shape index (κ1) is 14.7. The minimum absolute atomic E-state index is 0.239. The predicted octanol–water partition coefficient (Wildman–Crippen LogP) is 2.05. The summed E-state index contributed by atoms with van der Waals surface area (Å²) >= 11 is 0.